The highest BCUT2D eigenvalue weighted by atomic mass is 79.9. The fourth-order valence-corrected chi connectivity index (χ4v) is 2.41. The maximum Gasteiger partial charge on any atom is 0.274 e. The number of fused-ring (bicyclic) bond motifs is 1. The Hall–Kier alpha value is -2.49. The van der Waals surface area contributed by atoms with Crippen LogP contribution >= 0.6 is 15.9 Å². The van der Waals surface area contributed by atoms with E-state index in [9.17, 15) is 27.2 Å². The van der Waals surface area contributed by atoms with Crippen molar-refractivity contribution in [2.45, 2.75) is 6.92 Å². The van der Waals surface area contributed by atoms with E-state index in [0.717, 1.165) is 21.2 Å². The number of rotatable bonds is 1. The molecule has 0 fully saturated rings. The quantitative estimate of drug-likeness (QED) is 0.449. The number of hydrogen-bond donors (Lipinski definition) is 0. The van der Waals surface area contributed by atoms with Crippen molar-refractivity contribution in [3.05, 3.63) is 73.0 Å². The SMILES string of the molecule is Cc1cc(-n2c(=O)cc(F)n3ccc(=O)nc23)c(F)cc1Br.FCF. The first-order valence-corrected chi connectivity index (χ1v) is 7.48. The maximum absolute atomic E-state index is 14.2. The normalized spacial score (nSPS) is 10.5. The van der Waals surface area contributed by atoms with Gasteiger partial charge in [0.1, 0.15) is 5.82 Å². The van der Waals surface area contributed by atoms with Crippen molar-refractivity contribution < 1.29 is 17.6 Å². The Bertz CT molecular complexity index is 1050. The van der Waals surface area contributed by atoms with E-state index in [2.05, 4.69) is 20.9 Å². The van der Waals surface area contributed by atoms with Gasteiger partial charge in [-0.05, 0) is 24.6 Å². The predicted octanol–water partition coefficient (Wildman–Crippen LogP) is 3.08. The Balaban J connectivity index is 0.000000701. The Kier molecular flexibility index (Phi) is 5.73. The van der Waals surface area contributed by atoms with Gasteiger partial charge in [0.2, 0.25) is 18.7 Å². The van der Waals surface area contributed by atoms with Gasteiger partial charge in [-0.1, -0.05) is 15.9 Å². The van der Waals surface area contributed by atoms with Gasteiger partial charge in [-0.25, -0.2) is 17.7 Å². The van der Waals surface area contributed by atoms with E-state index in [0.29, 0.717) is 16.1 Å². The fraction of sp³-hybridized carbons (Fsp3) is 0.133. The van der Waals surface area contributed by atoms with Crippen LogP contribution in [-0.4, -0.2) is 20.9 Å². The van der Waals surface area contributed by atoms with Crippen LogP contribution in [0.15, 0.2) is 44.5 Å². The molecule has 0 amide bonds. The second kappa shape index (κ2) is 7.60. The zero-order chi connectivity index (χ0) is 18.7. The molecule has 0 aliphatic rings. The minimum absolute atomic E-state index is 0.110. The zero-order valence-electron chi connectivity index (χ0n) is 12.6. The summed E-state index contributed by atoms with van der Waals surface area (Å²) in [4.78, 5) is 27.2. The average Bonchev–Trinajstić information content (AvgIpc) is 2.52. The van der Waals surface area contributed by atoms with Gasteiger partial charge < -0.3 is 0 Å². The molecule has 0 unspecified atom stereocenters. The van der Waals surface area contributed by atoms with Gasteiger partial charge in [0, 0.05) is 16.7 Å². The molecular formula is C15H10BrF4N3O2. The van der Waals surface area contributed by atoms with Crippen molar-refractivity contribution in [1.82, 2.24) is 14.0 Å². The predicted molar refractivity (Wildman–Crippen MR) is 86.5 cm³/mol. The van der Waals surface area contributed by atoms with Crippen molar-refractivity contribution in [2.75, 3.05) is 6.93 Å². The molecule has 3 rings (SSSR count). The number of hydrogen-bond acceptors (Lipinski definition) is 3. The van der Waals surface area contributed by atoms with Crippen LogP contribution in [0.4, 0.5) is 17.6 Å². The lowest BCUT2D eigenvalue weighted by molar-refractivity contribution is 0.295. The summed E-state index contributed by atoms with van der Waals surface area (Å²) in [7, 11) is 0. The van der Waals surface area contributed by atoms with Gasteiger partial charge in [-0.2, -0.15) is 9.37 Å². The molecule has 0 N–H and O–H groups in total. The van der Waals surface area contributed by atoms with Gasteiger partial charge in [-0.15, -0.1) is 0 Å². The molecule has 132 valence electrons. The summed E-state index contributed by atoms with van der Waals surface area (Å²) < 4.78 is 49.6. The number of alkyl halides is 2. The average molecular weight is 420 g/mol. The lowest BCUT2D eigenvalue weighted by Gasteiger charge is -2.12. The summed E-state index contributed by atoms with van der Waals surface area (Å²) in [6.45, 7) is -0.0383. The molecule has 0 radical (unpaired) electrons. The highest BCUT2D eigenvalue weighted by Crippen LogP contribution is 2.23. The standard InChI is InChI=1S/C14H8BrF2N3O2.CH2F2/c1-7-4-10(9(16)5-8(7)15)20-13(22)6-11(17)19-3-2-12(21)18-14(19)20;2-1-3/h2-6H,1H3;1H2. The lowest BCUT2D eigenvalue weighted by atomic mass is 10.2. The molecule has 0 saturated heterocycles. The summed E-state index contributed by atoms with van der Waals surface area (Å²) in [5, 5.41) is 0. The molecule has 0 atom stereocenters. The third-order valence-corrected chi connectivity index (χ3v) is 4.01. The molecule has 0 bridgehead atoms. The summed E-state index contributed by atoms with van der Waals surface area (Å²) in [6, 6.07) is 4.36. The van der Waals surface area contributed by atoms with Crippen LogP contribution < -0.4 is 11.1 Å². The lowest BCUT2D eigenvalue weighted by Crippen LogP contribution is -2.26. The highest BCUT2D eigenvalue weighted by Gasteiger charge is 2.15. The largest absolute Gasteiger partial charge is 0.274 e. The van der Waals surface area contributed by atoms with Crippen LogP contribution in [0.25, 0.3) is 11.5 Å². The van der Waals surface area contributed by atoms with Crippen molar-refractivity contribution >= 4 is 21.7 Å². The minimum Gasteiger partial charge on any atom is -0.269 e. The number of aryl methyl sites for hydroxylation is 1. The van der Waals surface area contributed by atoms with Crippen molar-refractivity contribution in [2.24, 2.45) is 0 Å². The Labute approximate surface area is 146 Å². The fourth-order valence-electron chi connectivity index (χ4n) is 2.09. The van der Waals surface area contributed by atoms with Crippen molar-refractivity contribution in [1.29, 1.82) is 0 Å². The second-order valence-corrected chi connectivity index (χ2v) is 5.58. The molecule has 5 nitrogen and oxygen atoms in total. The van der Waals surface area contributed by atoms with Crippen molar-refractivity contribution in [3.8, 4) is 5.69 Å². The van der Waals surface area contributed by atoms with E-state index < -0.39 is 29.8 Å². The van der Waals surface area contributed by atoms with Crippen LogP contribution in [0.1, 0.15) is 5.56 Å². The Morgan fingerprint density at radius 2 is 1.80 bits per heavy atom. The first-order chi connectivity index (χ1) is 11.8. The topological polar surface area (TPSA) is 56.4 Å². The third-order valence-electron chi connectivity index (χ3n) is 3.15. The smallest absolute Gasteiger partial charge is 0.269 e. The second-order valence-electron chi connectivity index (χ2n) is 4.73. The molecule has 2 heterocycles. The van der Waals surface area contributed by atoms with Gasteiger partial charge in [0.05, 0.1) is 11.8 Å². The maximum atomic E-state index is 14.2. The van der Waals surface area contributed by atoms with Gasteiger partial charge in [0.15, 0.2) is 0 Å². The number of benzene rings is 1. The van der Waals surface area contributed by atoms with Crippen molar-refractivity contribution in [3.63, 3.8) is 0 Å². The molecule has 0 aliphatic carbocycles. The van der Waals surface area contributed by atoms with E-state index in [-0.39, 0.29) is 11.5 Å². The number of aromatic nitrogens is 3. The molecular weight excluding hydrogens is 410 g/mol. The number of nitrogens with zero attached hydrogens (tertiary/aromatic N) is 3. The minimum atomic E-state index is -1.75. The molecule has 0 saturated carbocycles. The highest BCUT2D eigenvalue weighted by molar-refractivity contribution is 9.10. The van der Waals surface area contributed by atoms with Crippen LogP contribution in [0.5, 0.6) is 0 Å². The molecule has 25 heavy (non-hydrogen) atoms. The first kappa shape index (κ1) is 18.8. The third kappa shape index (κ3) is 3.78. The summed E-state index contributed by atoms with van der Waals surface area (Å²) >= 11 is 3.19. The zero-order valence-corrected chi connectivity index (χ0v) is 14.2. The summed E-state index contributed by atoms with van der Waals surface area (Å²) in [5.74, 6) is -1.89. The molecule has 0 aliphatic heterocycles. The summed E-state index contributed by atoms with van der Waals surface area (Å²) in [6.07, 6.45) is 1.14. The van der Waals surface area contributed by atoms with E-state index in [1.54, 1.807) is 6.92 Å². The van der Waals surface area contributed by atoms with E-state index in [1.807, 2.05) is 0 Å². The first-order valence-electron chi connectivity index (χ1n) is 6.69. The van der Waals surface area contributed by atoms with Gasteiger partial charge in [0.25, 0.3) is 11.1 Å². The monoisotopic (exact) mass is 419 g/mol. The van der Waals surface area contributed by atoms with Crippen LogP contribution in [0.2, 0.25) is 0 Å². The van der Waals surface area contributed by atoms with E-state index in [1.165, 1.54) is 12.1 Å². The van der Waals surface area contributed by atoms with E-state index in [4.69, 9.17) is 0 Å². The molecule has 10 heteroatoms. The molecule has 0 spiro atoms. The van der Waals surface area contributed by atoms with Crippen LogP contribution in [-0.2, 0) is 0 Å². The van der Waals surface area contributed by atoms with Crippen LogP contribution in [0, 0.1) is 18.7 Å². The van der Waals surface area contributed by atoms with Gasteiger partial charge in [-0.3, -0.25) is 14.0 Å². The Morgan fingerprint density at radius 1 is 1.16 bits per heavy atom. The molecule has 1 aromatic carbocycles. The van der Waals surface area contributed by atoms with Gasteiger partial charge >= 0.3 is 0 Å². The Morgan fingerprint density at radius 3 is 2.44 bits per heavy atom. The molecule has 3 aromatic rings. The number of halogens is 5. The summed E-state index contributed by atoms with van der Waals surface area (Å²) in [5.41, 5.74) is -0.922. The van der Waals surface area contributed by atoms with Crippen LogP contribution in [0.3, 0.4) is 0 Å². The molecule has 2 aromatic heterocycles. The van der Waals surface area contributed by atoms with E-state index >= 15 is 0 Å².